The van der Waals surface area contributed by atoms with Crippen LogP contribution in [0.15, 0.2) is 54.9 Å². The van der Waals surface area contributed by atoms with Gasteiger partial charge in [0.1, 0.15) is 12.9 Å². The van der Waals surface area contributed by atoms with Crippen LogP contribution in [0.2, 0.25) is 0 Å². The molecule has 1 amide bonds. The van der Waals surface area contributed by atoms with Gasteiger partial charge in [0.15, 0.2) is 0 Å². The van der Waals surface area contributed by atoms with Gasteiger partial charge in [-0.3, -0.25) is 9.36 Å². The highest BCUT2D eigenvalue weighted by molar-refractivity contribution is 5.90. The Morgan fingerprint density at radius 3 is 2.76 bits per heavy atom. The lowest BCUT2D eigenvalue weighted by atomic mass is 10.2. The third kappa shape index (κ3) is 3.10. The van der Waals surface area contributed by atoms with Crippen molar-refractivity contribution in [1.82, 2.24) is 14.9 Å². The van der Waals surface area contributed by atoms with Gasteiger partial charge in [-0.15, -0.1) is 0 Å². The van der Waals surface area contributed by atoms with Crippen LogP contribution in [0, 0.1) is 0 Å². The van der Waals surface area contributed by atoms with Gasteiger partial charge in [0.2, 0.25) is 5.91 Å². The molecule has 1 N–H and O–H groups in total. The van der Waals surface area contributed by atoms with Gasteiger partial charge in [0.25, 0.3) is 0 Å². The molecule has 1 fully saturated rings. The average molecular weight is 335 g/mol. The number of imidazole rings is 1. The van der Waals surface area contributed by atoms with Crippen LogP contribution in [0.3, 0.4) is 0 Å². The summed E-state index contributed by atoms with van der Waals surface area (Å²) >= 11 is 0. The molecule has 4 rings (SSSR count). The maximum absolute atomic E-state index is 12.1. The minimum atomic E-state index is -0.386. The first-order chi connectivity index (χ1) is 12.2. The molecule has 0 aliphatic carbocycles. The molecule has 2 aromatic carbocycles. The molecule has 0 radical (unpaired) electrons. The second kappa shape index (κ2) is 6.39. The Balaban J connectivity index is 1.46. The molecule has 3 aromatic rings. The molecule has 6 nitrogen and oxygen atoms in total. The molecular formula is C19H17N3O3. The topological polar surface area (TPSA) is 73.2 Å². The van der Waals surface area contributed by atoms with Crippen molar-refractivity contribution >= 4 is 22.9 Å². The number of hydrogen-bond acceptors (Lipinski definition) is 4. The number of nitrogens with one attached hydrogen (secondary N) is 1. The molecule has 0 bridgehead atoms. The molecule has 6 heteroatoms. The van der Waals surface area contributed by atoms with Gasteiger partial charge in [-0.05, 0) is 42.8 Å². The fourth-order valence-electron chi connectivity index (χ4n) is 2.98. The van der Waals surface area contributed by atoms with Gasteiger partial charge in [0, 0.05) is 12.1 Å². The number of nitrogens with zero attached hydrogens (tertiary/aromatic N) is 2. The van der Waals surface area contributed by atoms with E-state index in [1.54, 1.807) is 18.5 Å². The molecule has 1 saturated heterocycles. The predicted molar refractivity (Wildman–Crippen MR) is 92.5 cm³/mol. The Labute approximate surface area is 144 Å². The molecule has 1 aliphatic heterocycles. The quantitative estimate of drug-likeness (QED) is 0.743. The first-order valence-electron chi connectivity index (χ1n) is 8.20. The van der Waals surface area contributed by atoms with E-state index in [-0.39, 0.29) is 24.5 Å². The Morgan fingerprint density at radius 2 is 2.00 bits per heavy atom. The summed E-state index contributed by atoms with van der Waals surface area (Å²) < 4.78 is 7.26. The normalized spacial score (nSPS) is 16.8. The molecule has 25 heavy (non-hydrogen) atoms. The van der Waals surface area contributed by atoms with Crippen LogP contribution < -0.4 is 5.32 Å². The molecule has 1 aromatic heterocycles. The maximum atomic E-state index is 12.1. The second-order valence-corrected chi connectivity index (χ2v) is 6.05. The highest BCUT2D eigenvalue weighted by atomic mass is 16.5. The summed E-state index contributed by atoms with van der Waals surface area (Å²) in [6, 6.07) is 15.0. The van der Waals surface area contributed by atoms with E-state index >= 15 is 0 Å². The zero-order chi connectivity index (χ0) is 17.2. The minimum Gasteiger partial charge on any atom is -0.460 e. The first kappa shape index (κ1) is 15.4. The van der Waals surface area contributed by atoms with E-state index in [1.807, 2.05) is 41.0 Å². The van der Waals surface area contributed by atoms with Gasteiger partial charge in [0.05, 0.1) is 22.6 Å². The summed E-state index contributed by atoms with van der Waals surface area (Å²) in [4.78, 5) is 27.7. The fourth-order valence-corrected chi connectivity index (χ4v) is 2.98. The van der Waals surface area contributed by atoms with Gasteiger partial charge in [-0.1, -0.05) is 12.1 Å². The number of esters is 1. The highest BCUT2D eigenvalue weighted by Crippen LogP contribution is 2.18. The lowest BCUT2D eigenvalue weighted by molar-refractivity contribution is -0.119. The Hall–Kier alpha value is -3.15. The summed E-state index contributed by atoms with van der Waals surface area (Å²) in [7, 11) is 0. The van der Waals surface area contributed by atoms with E-state index in [0.29, 0.717) is 18.4 Å². The zero-order valence-electron chi connectivity index (χ0n) is 13.5. The number of carbonyl (C=O) groups excluding carboxylic acids is 2. The summed E-state index contributed by atoms with van der Waals surface area (Å²) in [6.45, 7) is 0.207. The molecule has 0 spiro atoms. The van der Waals surface area contributed by atoms with Crippen molar-refractivity contribution < 1.29 is 14.3 Å². The van der Waals surface area contributed by atoms with Crippen molar-refractivity contribution in [2.24, 2.45) is 0 Å². The summed E-state index contributed by atoms with van der Waals surface area (Å²) in [6.07, 6.45) is 2.97. The lowest BCUT2D eigenvalue weighted by Gasteiger charge is -2.11. The maximum Gasteiger partial charge on any atom is 0.338 e. The van der Waals surface area contributed by atoms with E-state index in [0.717, 1.165) is 16.7 Å². The molecule has 126 valence electrons. The smallest absolute Gasteiger partial charge is 0.338 e. The summed E-state index contributed by atoms with van der Waals surface area (Å²) in [5.74, 6) is -0.374. The lowest BCUT2D eigenvalue weighted by Crippen LogP contribution is -2.30. The molecule has 0 unspecified atom stereocenters. The van der Waals surface area contributed by atoms with E-state index in [4.69, 9.17) is 4.74 Å². The number of amides is 1. The van der Waals surface area contributed by atoms with Gasteiger partial charge in [-0.2, -0.15) is 0 Å². The minimum absolute atomic E-state index is 0.0120. The van der Waals surface area contributed by atoms with Crippen molar-refractivity contribution in [1.29, 1.82) is 0 Å². The van der Waals surface area contributed by atoms with Crippen molar-refractivity contribution in [3.05, 3.63) is 60.4 Å². The molecular weight excluding hydrogens is 318 g/mol. The third-order valence-electron chi connectivity index (χ3n) is 4.34. The van der Waals surface area contributed by atoms with Crippen molar-refractivity contribution in [2.75, 3.05) is 6.61 Å². The number of ether oxygens (including phenoxy) is 1. The first-order valence-corrected chi connectivity index (χ1v) is 8.20. The molecule has 0 saturated carbocycles. The number of para-hydroxylation sites is 2. The Bertz CT molecular complexity index is 930. The number of carbonyl (C=O) groups is 2. The van der Waals surface area contributed by atoms with E-state index < -0.39 is 0 Å². The number of rotatable bonds is 4. The summed E-state index contributed by atoms with van der Waals surface area (Å²) in [5, 5.41) is 2.78. The van der Waals surface area contributed by atoms with Crippen LogP contribution in [-0.4, -0.2) is 34.1 Å². The van der Waals surface area contributed by atoms with Crippen molar-refractivity contribution in [2.45, 2.75) is 18.9 Å². The van der Waals surface area contributed by atoms with Crippen LogP contribution in [0.4, 0.5) is 0 Å². The number of aromatic nitrogens is 2. The number of fused-ring (bicyclic) bond motifs is 1. The number of benzene rings is 2. The highest BCUT2D eigenvalue weighted by Gasteiger charge is 2.22. The van der Waals surface area contributed by atoms with Crippen molar-refractivity contribution in [3.63, 3.8) is 0 Å². The van der Waals surface area contributed by atoms with E-state index in [2.05, 4.69) is 10.3 Å². The van der Waals surface area contributed by atoms with Crippen LogP contribution in [0.25, 0.3) is 16.7 Å². The van der Waals surface area contributed by atoms with Crippen LogP contribution in [0.1, 0.15) is 23.2 Å². The largest absolute Gasteiger partial charge is 0.460 e. The zero-order valence-corrected chi connectivity index (χ0v) is 13.5. The molecule has 1 aliphatic rings. The Morgan fingerprint density at radius 1 is 1.20 bits per heavy atom. The standard InChI is InChI=1S/C19H17N3O3/c23-18-10-7-14(21-18)11-25-19(24)13-5-8-15(9-6-13)22-12-20-16-3-1-2-4-17(16)22/h1-6,8-9,12,14H,7,10-11H2,(H,21,23)/t14-/m1/s1. The van der Waals surface area contributed by atoms with Crippen molar-refractivity contribution in [3.8, 4) is 5.69 Å². The van der Waals surface area contributed by atoms with Gasteiger partial charge in [-0.25, -0.2) is 9.78 Å². The van der Waals surface area contributed by atoms with Gasteiger partial charge < -0.3 is 10.1 Å². The number of hydrogen-bond donors (Lipinski definition) is 1. The van der Waals surface area contributed by atoms with Crippen LogP contribution in [0.5, 0.6) is 0 Å². The predicted octanol–water partition coefficient (Wildman–Crippen LogP) is 2.46. The summed E-state index contributed by atoms with van der Waals surface area (Å²) in [5.41, 5.74) is 3.34. The Kier molecular flexibility index (Phi) is 3.93. The third-order valence-corrected chi connectivity index (χ3v) is 4.34. The monoisotopic (exact) mass is 335 g/mol. The molecule has 2 heterocycles. The fraction of sp³-hybridized carbons (Fsp3) is 0.211. The van der Waals surface area contributed by atoms with E-state index in [9.17, 15) is 9.59 Å². The second-order valence-electron chi connectivity index (χ2n) is 6.05. The SMILES string of the molecule is O=C1CC[C@H](COC(=O)c2ccc(-n3cnc4ccccc43)cc2)N1. The van der Waals surface area contributed by atoms with Gasteiger partial charge >= 0.3 is 5.97 Å². The average Bonchev–Trinajstić information content (AvgIpc) is 3.26. The van der Waals surface area contributed by atoms with Crippen LogP contribution >= 0.6 is 0 Å². The van der Waals surface area contributed by atoms with E-state index in [1.165, 1.54) is 0 Å². The molecule has 1 atom stereocenters. The van der Waals surface area contributed by atoms with Crippen LogP contribution in [-0.2, 0) is 9.53 Å².